The third-order valence-corrected chi connectivity index (χ3v) is 3.59. The highest BCUT2D eigenvalue weighted by Crippen LogP contribution is 2.15. The largest absolute Gasteiger partial charge is 0.345 e. The van der Waals surface area contributed by atoms with Crippen molar-refractivity contribution in [2.75, 3.05) is 6.54 Å². The molecule has 0 aliphatic rings. The first kappa shape index (κ1) is 21.5. The van der Waals surface area contributed by atoms with Crippen LogP contribution in [0.4, 0.5) is 0 Å². The molecule has 0 fully saturated rings. The van der Waals surface area contributed by atoms with E-state index in [1.165, 1.54) is 0 Å². The SMILES string of the molecule is CCC(CC)(CN)NC(=O)c1ccc(C)nc1C.Cl.Cl. The second kappa shape index (κ2) is 9.16. The number of nitrogens with one attached hydrogen (secondary N) is 1. The summed E-state index contributed by atoms with van der Waals surface area (Å²) in [4.78, 5) is 16.6. The molecule has 0 bridgehead atoms. The molecule has 0 saturated carbocycles. The highest BCUT2D eigenvalue weighted by Gasteiger charge is 2.27. The summed E-state index contributed by atoms with van der Waals surface area (Å²) >= 11 is 0. The Hall–Kier alpha value is -0.840. The quantitative estimate of drug-likeness (QED) is 0.876. The molecule has 0 saturated heterocycles. The van der Waals surface area contributed by atoms with Gasteiger partial charge in [0.15, 0.2) is 0 Å². The van der Waals surface area contributed by atoms with Gasteiger partial charge >= 0.3 is 0 Å². The van der Waals surface area contributed by atoms with E-state index in [4.69, 9.17) is 5.73 Å². The Labute approximate surface area is 133 Å². The molecule has 0 aliphatic heterocycles. The van der Waals surface area contributed by atoms with Crippen LogP contribution in [0.25, 0.3) is 0 Å². The molecule has 0 unspecified atom stereocenters. The molecule has 0 spiro atoms. The lowest BCUT2D eigenvalue weighted by Gasteiger charge is -2.31. The molecule has 3 N–H and O–H groups in total. The topological polar surface area (TPSA) is 68.0 Å². The minimum absolute atomic E-state index is 0. The van der Waals surface area contributed by atoms with E-state index in [1.807, 2.05) is 39.8 Å². The fraction of sp³-hybridized carbons (Fsp3) is 0.571. The van der Waals surface area contributed by atoms with E-state index in [0.29, 0.717) is 12.1 Å². The maximum atomic E-state index is 12.3. The van der Waals surface area contributed by atoms with Crippen LogP contribution in [0.15, 0.2) is 12.1 Å². The van der Waals surface area contributed by atoms with E-state index in [9.17, 15) is 4.79 Å². The molecule has 116 valence electrons. The normalized spacial score (nSPS) is 10.2. The fourth-order valence-corrected chi connectivity index (χ4v) is 2.00. The maximum Gasteiger partial charge on any atom is 0.253 e. The van der Waals surface area contributed by atoms with E-state index >= 15 is 0 Å². The Bertz CT molecular complexity index is 426. The zero-order valence-corrected chi connectivity index (χ0v) is 14.2. The molecule has 20 heavy (non-hydrogen) atoms. The second-order valence-electron chi connectivity index (χ2n) is 4.73. The summed E-state index contributed by atoms with van der Waals surface area (Å²) in [5.74, 6) is -0.0887. The van der Waals surface area contributed by atoms with Crippen LogP contribution in [-0.4, -0.2) is 23.0 Å². The van der Waals surface area contributed by atoms with Crippen LogP contribution < -0.4 is 11.1 Å². The standard InChI is InChI=1S/C14H23N3O.2ClH/c1-5-14(6-2,9-15)17-13(18)12-8-7-10(3)16-11(12)4;;/h7-8H,5-6,9,15H2,1-4H3,(H,17,18);2*1H. The van der Waals surface area contributed by atoms with Crippen molar-refractivity contribution in [3.05, 3.63) is 29.1 Å². The van der Waals surface area contributed by atoms with Gasteiger partial charge in [0.2, 0.25) is 0 Å². The molecule has 0 aliphatic carbocycles. The third-order valence-electron chi connectivity index (χ3n) is 3.59. The Balaban J connectivity index is 0. The molecule has 4 nitrogen and oxygen atoms in total. The van der Waals surface area contributed by atoms with Gasteiger partial charge in [-0.25, -0.2) is 0 Å². The number of carbonyl (C=O) groups excluding carboxylic acids is 1. The van der Waals surface area contributed by atoms with Crippen LogP contribution in [-0.2, 0) is 0 Å². The van der Waals surface area contributed by atoms with Crippen LogP contribution in [0.3, 0.4) is 0 Å². The van der Waals surface area contributed by atoms with Crippen molar-refractivity contribution in [1.29, 1.82) is 0 Å². The van der Waals surface area contributed by atoms with Crippen LogP contribution in [0.1, 0.15) is 48.4 Å². The average Bonchev–Trinajstić information content (AvgIpc) is 2.36. The van der Waals surface area contributed by atoms with Crippen molar-refractivity contribution >= 4 is 30.7 Å². The monoisotopic (exact) mass is 321 g/mol. The number of aromatic nitrogens is 1. The Morgan fingerprint density at radius 1 is 1.25 bits per heavy atom. The van der Waals surface area contributed by atoms with Crippen molar-refractivity contribution in [2.24, 2.45) is 5.73 Å². The molecule has 0 aromatic carbocycles. The zero-order chi connectivity index (χ0) is 13.8. The number of pyridine rings is 1. The van der Waals surface area contributed by atoms with Crippen molar-refractivity contribution in [3.8, 4) is 0 Å². The van der Waals surface area contributed by atoms with E-state index in [-0.39, 0.29) is 36.3 Å². The molecule has 1 rings (SSSR count). The predicted molar refractivity (Wildman–Crippen MR) is 88.0 cm³/mol. The minimum Gasteiger partial charge on any atom is -0.345 e. The summed E-state index contributed by atoms with van der Waals surface area (Å²) in [5.41, 5.74) is 7.77. The first-order chi connectivity index (χ1) is 8.48. The Morgan fingerprint density at radius 3 is 2.20 bits per heavy atom. The smallest absolute Gasteiger partial charge is 0.253 e. The third kappa shape index (κ3) is 4.93. The minimum atomic E-state index is -0.311. The van der Waals surface area contributed by atoms with E-state index < -0.39 is 0 Å². The van der Waals surface area contributed by atoms with E-state index in [2.05, 4.69) is 10.3 Å². The summed E-state index contributed by atoms with van der Waals surface area (Å²) < 4.78 is 0. The molecular formula is C14H25Cl2N3O. The zero-order valence-electron chi connectivity index (χ0n) is 12.5. The van der Waals surface area contributed by atoms with Gasteiger partial charge in [0.05, 0.1) is 16.8 Å². The van der Waals surface area contributed by atoms with Crippen LogP contribution >= 0.6 is 24.8 Å². The summed E-state index contributed by atoms with van der Waals surface area (Å²) in [6.45, 7) is 8.29. The number of hydrogen-bond donors (Lipinski definition) is 2. The van der Waals surface area contributed by atoms with Crippen LogP contribution in [0.2, 0.25) is 0 Å². The van der Waals surface area contributed by atoms with Gasteiger partial charge in [-0.3, -0.25) is 9.78 Å². The number of hydrogen-bond acceptors (Lipinski definition) is 3. The molecule has 1 aromatic heterocycles. The highest BCUT2D eigenvalue weighted by molar-refractivity contribution is 5.95. The van der Waals surface area contributed by atoms with Gasteiger partial charge in [0.25, 0.3) is 5.91 Å². The maximum absolute atomic E-state index is 12.3. The molecule has 6 heteroatoms. The number of aryl methyl sites for hydroxylation is 2. The molecule has 0 atom stereocenters. The van der Waals surface area contributed by atoms with Gasteiger partial charge in [-0.15, -0.1) is 24.8 Å². The fourth-order valence-electron chi connectivity index (χ4n) is 2.00. The molecule has 1 heterocycles. The first-order valence-electron chi connectivity index (χ1n) is 6.45. The summed E-state index contributed by atoms with van der Waals surface area (Å²) in [6, 6.07) is 3.67. The van der Waals surface area contributed by atoms with Crippen molar-refractivity contribution in [1.82, 2.24) is 10.3 Å². The lowest BCUT2D eigenvalue weighted by molar-refractivity contribution is 0.0894. The Morgan fingerprint density at radius 2 is 1.80 bits per heavy atom. The van der Waals surface area contributed by atoms with Gasteiger partial charge in [-0.05, 0) is 38.8 Å². The number of amides is 1. The van der Waals surface area contributed by atoms with Gasteiger partial charge in [0, 0.05) is 12.2 Å². The van der Waals surface area contributed by atoms with Crippen molar-refractivity contribution in [3.63, 3.8) is 0 Å². The first-order valence-corrected chi connectivity index (χ1v) is 6.45. The average molecular weight is 322 g/mol. The summed E-state index contributed by atoms with van der Waals surface area (Å²) in [6.07, 6.45) is 1.65. The summed E-state index contributed by atoms with van der Waals surface area (Å²) in [5, 5.41) is 3.05. The number of rotatable bonds is 5. The molecule has 1 aromatic rings. The number of carbonyl (C=O) groups is 1. The lowest BCUT2D eigenvalue weighted by atomic mass is 9.92. The van der Waals surface area contributed by atoms with Crippen LogP contribution in [0.5, 0.6) is 0 Å². The van der Waals surface area contributed by atoms with Gasteiger partial charge in [-0.2, -0.15) is 0 Å². The number of nitrogens with two attached hydrogens (primary N) is 1. The van der Waals surface area contributed by atoms with Crippen LogP contribution in [0, 0.1) is 13.8 Å². The van der Waals surface area contributed by atoms with Gasteiger partial charge in [0.1, 0.15) is 0 Å². The molecule has 0 radical (unpaired) electrons. The van der Waals surface area contributed by atoms with Crippen molar-refractivity contribution in [2.45, 2.75) is 46.1 Å². The van der Waals surface area contributed by atoms with Crippen molar-refractivity contribution < 1.29 is 4.79 Å². The van der Waals surface area contributed by atoms with E-state index in [0.717, 1.165) is 24.2 Å². The van der Waals surface area contributed by atoms with E-state index in [1.54, 1.807) is 0 Å². The summed E-state index contributed by atoms with van der Waals surface area (Å²) in [7, 11) is 0. The predicted octanol–water partition coefficient (Wildman–Crippen LogP) is 2.79. The number of nitrogens with zero attached hydrogens (tertiary/aromatic N) is 1. The second-order valence-corrected chi connectivity index (χ2v) is 4.73. The van der Waals surface area contributed by atoms with Gasteiger partial charge in [-0.1, -0.05) is 13.8 Å². The van der Waals surface area contributed by atoms with Gasteiger partial charge < -0.3 is 11.1 Å². The number of halogens is 2. The molecular weight excluding hydrogens is 297 g/mol. The lowest BCUT2D eigenvalue weighted by Crippen LogP contribution is -2.53. The Kier molecular flexibility index (Phi) is 9.83. The molecule has 1 amide bonds. The highest BCUT2D eigenvalue weighted by atomic mass is 35.5.